The fraction of sp³-hybridized carbons (Fsp3) is 0.600. The van der Waals surface area contributed by atoms with Crippen LogP contribution in [-0.2, 0) is 0 Å². The summed E-state index contributed by atoms with van der Waals surface area (Å²) in [6, 6.07) is 9.00. The zero-order valence-corrected chi connectivity index (χ0v) is 11.0. The van der Waals surface area contributed by atoms with Crippen molar-refractivity contribution in [3.05, 3.63) is 29.8 Å². The molecule has 0 radical (unpaired) electrons. The van der Waals surface area contributed by atoms with E-state index in [0.717, 1.165) is 12.3 Å². The molecule has 0 spiro atoms. The molecule has 2 atom stereocenters. The third kappa shape index (κ3) is 2.81. The van der Waals surface area contributed by atoms with Crippen molar-refractivity contribution in [2.45, 2.75) is 39.2 Å². The van der Waals surface area contributed by atoms with Crippen LogP contribution in [0.25, 0.3) is 0 Å². The summed E-state index contributed by atoms with van der Waals surface area (Å²) in [5.41, 5.74) is 8.63. The van der Waals surface area contributed by atoms with Gasteiger partial charge in [-0.2, -0.15) is 0 Å². The van der Waals surface area contributed by atoms with Crippen LogP contribution < -0.4 is 10.6 Å². The molecule has 17 heavy (non-hydrogen) atoms. The van der Waals surface area contributed by atoms with E-state index in [1.807, 2.05) is 0 Å². The topological polar surface area (TPSA) is 29.3 Å². The number of rotatable bonds is 4. The van der Waals surface area contributed by atoms with Crippen LogP contribution in [0.4, 0.5) is 5.69 Å². The Hall–Kier alpha value is -1.02. The normalized spacial score (nSPS) is 21.8. The molecule has 1 aliphatic heterocycles. The van der Waals surface area contributed by atoms with E-state index in [1.165, 1.54) is 37.2 Å². The van der Waals surface area contributed by atoms with Gasteiger partial charge in [-0.25, -0.2) is 0 Å². The van der Waals surface area contributed by atoms with E-state index in [4.69, 9.17) is 5.73 Å². The summed E-state index contributed by atoms with van der Waals surface area (Å²) in [6.45, 7) is 6.84. The molecule has 0 aromatic heterocycles. The fourth-order valence-electron chi connectivity index (χ4n) is 2.57. The van der Waals surface area contributed by atoms with Crippen molar-refractivity contribution in [1.29, 1.82) is 0 Å². The number of hydrogen-bond donors (Lipinski definition) is 1. The van der Waals surface area contributed by atoms with Crippen molar-refractivity contribution in [1.82, 2.24) is 0 Å². The van der Waals surface area contributed by atoms with Gasteiger partial charge in [0.25, 0.3) is 0 Å². The summed E-state index contributed by atoms with van der Waals surface area (Å²) < 4.78 is 0. The average Bonchev–Trinajstić information content (AvgIpc) is 2.87. The predicted molar refractivity (Wildman–Crippen MR) is 74.3 cm³/mol. The molecule has 2 unspecified atom stereocenters. The molecule has 1 aromatic carbocycles. The maximum atomic E-state index is 6.03. The van der Waals surface area contributed by atoms with Crippen molar-refractivity contribution in [2.75, 3.05) is 18.0 Å². The molecule has 0 aliphatic carbocycles. The molecule has 2 nitrogen and oxygen atoms in total. The minimum atomic E-state index is 0.186. The summed E-state index contributed by atoms with van der Waals surface area (Å²) in [5, 5.41) is 0. The molecule has 0 amide bonds. The van der Waals surface area contributed by atoms with Crippen LogP contribution in [0, 0.1) is 5.92 Å². The Labute approximate surface area is 105 Å². The minimum absolute atomic E-state index is 0.186. The lowest BCUT2D eigenvalue weighted by atomic mass is 10.1. The van der Waals surface area contributed by atoms with E-state index in [2.05, 4.69) is 43.0 Å². The van der Waals surface area contributed by atoms with Crippen LogP contribution in [0.3, 0.4) is 0 Å². The number of hydrogen-bond acceptors (Lipinski definition) is 2. The number of benzene rings is 1. The first kappa shape index (κ1) is 12.4. The van der Waals surface area contributed by atoms with Gasteiger partial charge in [0, 0.05) is 24.8 Å². The van der Waals surface area contributed by atoms with E-state index >= 15 is 0 Å². The Balaban J connectivity index is 2.03. The molecule has 1 aromatic rings. The van der Waals surface area contributed by atoms with E-state index in [-0.39, 0.29) is 6.04 Å². The van der Waals surface area contributed by atoms with Crippen molar-refractivity contribution in [3.63, 3.8) is 0 Å². The molecule has 2 heteroatoms. The van der Waals surface area contributed by atoms with Crippen LogP contribution in [0.15, 0.2) is 24.3 Å². The molecule has 0 saturated carbocycles. The van der Waals surface area contributed by atoms with Crippen LogP contribution in [0.5, 0.6) is 0 Å². The smallest absolute Gasteiger partial charge is 0.0366 e. The summed E-state index contributed by atoms with van der Waals surface area (Å²) >= 11 is 0. The SMILES string of the molecule is CCC1CCN(c2ccc(C(N)CC)cc2)C1. The second kappa shape index (κ2) is 5.54. The van der Waals surface area contributed by atoms with Crippen molar-refractivity contribution < 1.29 is 0 Å². The van der Waals surface area contributed by atoms with Gasteiger partial charge in [0.1, 0.15) is 0 Å². The maximum Gasteiger partial charge on any atom is 0.0366 e. The van der Waals surface area contributed by atoms with Gasteiger partial charge in [-0.15, -0.1) is 0 Å². The van der Waals surface area contributed by atoms with E-state index < -0.39 is 0 Å². The lowest BCUT2D eigenvalue weighted by molar-refractivity contribution is 0.569. The summed E-state index contributed by atoms with van der Waals surface area (Å²) in [6.07, 6.45) is 3.64. The van der Waals surface area contributed by atoms with Gasteiger partial charge in [0.05, 0.1) is 0 Å². The fourth-order valence-corrected chi connectivity index (χ4v) is 2.57. The van der Waals surface area contributed by atoms with Crippen LogP contribution >= 0.6 is 0 Å². The highest BCUT2D eigenvalue weighted by Gasteiger charge is 2.20. The van der Waals surface area contributed by atoms with Gasteiger partial charge in [-0.05, 0) is 36.5 Å². The molecule has 1 fully saturated rings. The summed E-state index contributed by atoms with van der Waals surface area (Å²) in [7, 11) is 0. The highest BCUT2D eigenvalue weighted by Crippen LogP contribution is 2.26. The largest absolute Gasteiger partial charge is 0.371 e. The Kier molecular flexibility index (Phi) is 4.06. The Morgan fingerprint density at radius 3 is 2.53 bits per heavy atom. The molecule has 1 aliphatic rings. The molecule has 0 bridgehead atoms. The van der Waals surface area contributed by atoms with Crippen LogP contribution in [-0.4, -0.2) is 13.1 Å². The quantitative estimate of drug-likeness (QED) is 0.862. The molecule has 1 saturated heterocycles. The number of anilines is 1. The molecule has 2 N–H and O–H groups in total. The lowest BCUT2D eigenvalue weighted by Gasteiger charge is -2.19. The third-order valence-corrected chi connectivity index (χ3v) is 3.99. The first-order valence-corrected chi connectivity index (χ1v) is 6.85. The predicted octanol–water partition coefficient (Wildman–Crippen LogP) is 3.33. The zero-order chi connectivity index (χ0) is 12.3. The van der Waals surface area contributed by atoms with E-state index in [9.17, 15) is 0 Å². The first-order chi connectivity index (χ1) is 8.24. The van der Waals surface area contributed by atoms with Crippen molar-refractivity contribution in [2.24, 2.45) is 11.7 Å². The number of nitrogens with two attached hydrogens (primary N) is 1. The van der Waals surface area contributed by atoms with E-state index in [0.29, 0.717) is 0 Å². The average molecular weight is 232 g/mol. The third-order valence-electron chi connectivity index (χ3n) is 3.99. The lowest BCUT2D eigenvalue weighted by Crippen LogP contribution is -2.19. The minimum Gasteiger partial charge on any atom is -0.371 e. The van der Waals surface area contributed by atoms with E-state index in [1.54, 1.807) is 0 Å². The highest BCUT2D eigenvalue weighted by molar-refractivity contribution is 5.48. The summed E-state index contributed by atoms with van der Waals surface area (Å²) in [5.74, 6) is 0.882. The summed E-state index contributed by atoms with van der Waals surface area (Å²) in [4.78, 5) is 2.50. The van der Waals surface area contributed by atoms with Crippen molar-refractivity contribution in [3.8, 4) is 0 Å². The zero-order valence-electron chi connectivity index (χ0n) is 11.0. The standard InChI is InChI=1S/C15H24N2/c1-3-12-9-10-17(11-12)14-7-5-13(6-8-14)15(16)4-2/h5-8,12,15H,3-4,9-11,16H2,1-2H3. The second-order valence-corrected chi connectivity index (χ2v) is 5.12. The Morgan fingerprint density at radius 1 is 1.29 bits per heavy atom. The van der Waals surface area contributed by atoms with Crippen molar-refractivity contribution >= 4 is 5.69 Å². The monoisotopic (exact) mass is 232 g/mol. The molecule has 1 heterocycles. The number of nitrogens with zero attached hydrogens (tertiary/aromatic N) is 1. The molecular formula is C15H24N2. The van der Waals surface area contributed by atoms with Crippen LogP contribution in [0.1, 0.15) is 44.7 Å². The molecule has 94 valence electrons. The second-order valence-electron chi connectivity index (χ2n) is 5.12. The van der Waals surface area contributed by atoms with Gasteiger partial charge >= 0.3 is 0 Å². The Morgan fingerprint density at radius 2 is 2.00 bits per heavy atom. The highest BCUT2D eigenvalue weighted by atomic mass is 15.1. The van der Waals surface area contributed by atoms with Gasteiger partial charge in [-0.3, -0.25) is 0 Å². The van der Waals surface area contributed by atoms with Gasteiger partial charge in [0.15, 0.2) is 0 Å². The van der Waals surface area contributed by atoms with Gasteiger partial charge in [-0.1, -0.05) is 32.4 Å². The first-order valence-electron chi connectivity index (χ1n) is 6.85. The molecule has 2 rings (SSSR count). The van der Waals surface area contributed by atoms with Gasteiger partial charge in [0.2, 0.25) is 0 Å². The Bertz CT molecular complexity index is 344. The maximum absolute atomic E-state index is 6.03. The van der Waals surface area contributed by atoms with Gasteiger partial charge < -0.3 is 10.6 Å². The van der Waals surface area contributed by atoms with Crippen LogP contribution in [0.2, 0.25) is 0 Å². The molecular weight excluding hydrogens is 208 g/mol.